The van der Waals surface area contributed by atoms with Crippen LogP contribution in [-0.2, 0) is 4.79 Å². The van der Waals surface area contributed by atoms with Gasteiger partial charge in [0.2, 0.25) is 5.91 Å². The lowest BCUT2D eigenvalue weighted by Gasteiger charge is -2.33. The van der Waals surface area contributed by atoms with Crippen molar-refractivity contribution in [1.82, 2.24) is 10.2 Å². The Labute approximate surface area is 121 Å². The van der Waals surface area contributed by atoms with Crippen molar-refractivity contribution in [1.29, 1.82) is 0 Å². The van der Waals surface area contributed by atoms with Crippen molar-refractivity contribution in [3.8, 4) is 0 Å². The van der Waals surface area contributed by atoms with E-state index in [1.165, 1.54) is 11.1 Å². The van der Waals surface area contributed by atoms with E-state index in [0.29, 0.717) is 11.8 Å². The molecule has 1 N–H and O–H groups in total. The van der Waals surface area contributed by atoms with Crippen molar-refractivity contribution in [2.45, 2.75) is 32.1 Å². The molecule has 2 saturated heterocycles. The number of likely N-dealkylation sites (tertiary alicyclic amines) is 1. The van der Waals surface area contributed by atoms with Crippen LogP contribution in [0.1, 0.15) is 36.3 Å². The van der Waals surface area contributed by atoms with Crippen LogP contribution >= 0.6 is 0 Å². The summed E-state index contributed by atoms with van der Waals surface area (Å²) in [5.41, 5.74) is 2.75. The maximum atomic E-state index is 12.4. The number of nitrogens with one attached hydrogen (secondary N) is 1. The van der Waals surface area contributed by atoms with E-state index in [1.807, 2.05) is 0 Å². The normalized spacial score (nSPS) is 24.1. The third-order valence-electron chi connectivity index (χ3n) is 4.76. The molecule has 0 spiro atoms. The smallest absolute Gasteiger partial charge is 0.227 e. The van der Waals surface area contributed by atoms with Crippen LogP contribution in [0.5, 0.6) is 0 Å². The van der Waals surface area contributed by atoms with Crippen molar-refractivity contribution < 1.29 is 4.79 Å². The van der Waals surface area contributed by atoms with Gasteiger partial charge in [0.1, 0.15) is 0 Å². The summed E-state index contributed by atoms with van der Waals surface area (Å²) in [5.74, 6) is 1.23. The summed E-state index contributed by atoms with van der Waals surface area (Å²) in [5, 5.41) is 3.28. The minimum absolute atomic E-state index is 0.228. The van der Waals surface area contributed by atoms with E-state index >= 15 is 0 Å². The Balaban J connectivity index is 1.56. The first kappa shape index (κ1) is 13.6. The molecule has 1 aromatic carbocycles. The Morgan fingerprint density at radius 1 is 1.15 bits per heavy atom. The molecule has 0 saturated carbocycles. The zero-order valence-electron chi connectivity index (χ0n) is 12.3. The predicted octanol–water partition coefficient (Wildman–Crippen LogP) is 2.31. The first-order valence-electron chi connectivity index (χ1n) is 7.80. The van der Waals surface area contributed by atoms with Crippen molar-refractivity contribution in [3.05, 3.63) is 35.4 Å². The molecule has 0 radical (unpaired) electrons. The quantitative estimate of drug-likeness (QED) is 0.896. The third kappa shape index (κ3) is 2.88. The van der Waals surface area contributed by atoms with Gasteiger partial charge in [0.05, 0.1) is 5.92 Å². The van der Waals surface area contributed by atoms with Gasteiger partial charge >= 0.3 is 0 Å². The summed E-state index contributed by atoms with van der Waals surface area (Å²) in [6.07, 6.45) is 3.22. The van der Waals surface area contributed by atoms with Gasteiger partial charge in [0, 0.05) is 19.6 Å². The summed E-state index contributed by atoms with van der Waals surface area (Å²) >= 11 is 0. The number of piperidine rings is 1. The number of rotatable bonds is 2. The molecule has 0 aromatic heterocycles. The van der Waals surface area contributed by atoms with Crippen molar-refractivity contribution in [2.75, 3.05) is 26.2 Å². The molecule has 3 nitrogen and oxygen atoms in total. The zero-order chi connectivity index (χ0) is 13.9. The summed E-state index contributed by atoms with van der Waals surface area (Å²) in [4.78, 5) is 14.5. The number of nitrogens with zero attached hydrogens (tertiary/aromatic N) is 1. The lowest BCUT2D eigenvalue weighted by atomic mass is 9.88. The molecule has 0 aliphatic carbocycles. The Morgan fingerprint density at radius 2 is 1.85 bits per heavy atom. The van der Waals surface area contributed by atoms with Crippen molar-refractivity contribution in [3.63, 3.8) is 0 Å². The molecule has 108 valence electrons. The Kier molecular flexibility index (Phi) is 4.06. The molecule has 3 heteroatoms. The molecule has 20 heavy (non-hydrogen) atoms. The second-order valence-corrected chi connectivity index (χ2v) is 6.20. The van der Waals surface area contributed by atoms with Gasteiger partial charge in [-0.3, -0.25) is 4.79 Å². The van der Waals surface area contributed by atoms with Gasteiger partial charge in [0.25, 0.3) is 0 Å². The average Bonchev–Trinajstić information content (AvgIpc) is 3.02. The van der Waals surface area contributed by atoms with Crippen LogP contribution in [0, 0.1) is 12.8 Å². The molecule has 2 aliphatic heterocycles. The van der Waals surface area contributed by atoms with Crippen LogP contribution in [0.15, 0.2) is 24.3 Å². The number of aryl methyl sites for hydroxylation is 1. The Morgan fingerprint density at radius 3 is 2.45 bits per heavy atom. The summed E-state index contributed by atoms with van der Waals surface area (Å²) in [6, 6.07) is 8.88. The number of amides is 1. The lowest BCUT2D eigenvalue weighted by molar-refractivity contribution is -0.136. The van der Waals surface area contributed by atoms with E-state index in [9.17, 15) is 4.79 Å². The van der Waals surface area contributed by atoms with Crippen molar-refractivity contribution >= 4 is 5.91 Å². The highest BCUT2D eigenvalue weighted by molar-refractivity contribution is 5.79. The lowest BCUT2D eigenvalue weighted by Crippen LogP contribution is -2.41. The highest BCUT2D eigenvalue weighted by Crippen LogP contribution is 2.29. The molecule has 1 amide bonds. The fourth-order valence-corrected chi connectivity index (χ4v) is 3.40. The zero-order valence-corrected chi connectivity index (χ0v) is 12.3. The number of carbonyl (C=O) groups is 1. The number of benzene rings is 1. The molecule has 1 unspecified atom stereocenters. The monoisotopic (exact) mass is 272 g/mol. The van der Waals surface area contributed by atoms with Crippen LogP contribution in [0.3, 0.4) is 0 Å². The molecule has 1 atom stereocenters. The van der Waals surface area contributed by atoms with Crippen molar-refractivity contribution in [2.24, 2.45) is 5.92 Å². The highest BCUT2D eigenvalue weighted by atomic mass is 16.2. The van der Waals surface area contributed by atoms with Crippen LogP contribution in [0.2, 0.25) is 0 Å². The maximum absolute atomic E-state index is 12.4. The van der Waals surface area contributed by atoms with E-state index < -0.39 is 0 Å². The first-order valence-corrected chi connectivity index (χ1v) is 7.80. The standard InChI is InChI=1S/C17H24N2O/c1-13-2-4-14(5-3-13)15-7-10-19(11-8-15)17(20)16-6-9-18-12-16/h2-5,15-16,18H,6-12H2,1H3. The number of hydrogen-bond donors (Lipinski definition) is 1. The van der Waals surface area contributed by atoms with E-state index in [-0.39, 0.29) is 5.92 Å². The third-order valence-corrected chi connectivity index (χ3v) is 4.76. The fraction of sp³-hybridized carbons (Fsp3) is 0.588. The van der Waals surface area contributed by atoms with Gasteiger partial charge in [0.15, 0.2) is 0 Å². The van der Waals surface area contributed by atoms with Crippen LogP contribution in [-0.4, -0.2) is 37.0 Å². The van der Waals surface area contributed by atoms with Crippen LogP contribution in [0.4, 0.5) is 0 Å². The maximum Gasteiger partial charge on any atom is 0.227 e. The molecule has 1 aromatic rings. The average molecular weight is 272 g/mol. The van der Waals surface area contributed by atoms with E-state index in [0.717, 1.165) is 45.4 Å². The Hall–Kier alpha value is -1.35. The molecule has 2 aliphatic rings. The fourth-order valence-electron chi connectivity index (χ4n) is 3.40. The molecule has 3 rings (SSSR count). The number of hydrogen-bond acceptors (Lipinski definition) is 2. The largest absolute Gasteiger partial charge is 0.342 e. The van der Waals surface area contributed by atoms with Crippen LogP contribution in [0.25, 0.3) is 0 Å². The summed E-state index contributed by atoms with van der Waals surface area (Å²) in [6.45, 7) is 5.84. The minimum atomic E-state index is 0.228. The van der Waals surface area contributed by atoms with Gasteiger partial charge in [-0.1, -0.05) is 29.8 Å². The van der Waals surface area contributed by atoms with Gasteiger partial charge in [-0.15, -0.1) is 0 Å². The SMILES string of the molecule is Cc1ccc(C2CCN(C(=O)C3CCNC3)CC2)cc1. The molecule has 2 fully saturated rings. The van der Waals surface area contributed by atoms with E-state index in [4.69, 9.17) is 0 Å². The highest BCUT2D eigenvalue weighted by Gasteiger charge is 2.30. The summed E-state index contributed by atoms with van der Waals surface area (Å²) in [7, 11) is 0. The molecule has 0 bridgehead atoms. The van der Waals surface area contributed by atoms with Gasteiger partial charge in [-0.2, -0.15) is 0 Å². The second kappa shape index (κ2) is 5.96. The first-order chi connectivity index (χ1) is 9.74. The molecular weight excluding hydrogens is 248 g/mol. The van der Waals surface area contributed by atoms with Crippen LogP contribution < -0.4 is 5.32 Å². The summed E-state index contributed by atoms with van der Waals surface area (Å²) < 4.78 is 0. The van der Waals surface area contributed by atoms with E-state index in [2.05, 4.69) is 41.4 Å². The number of carbonyl (C=O) groups excluding carboxylic acids is 1. The minimum Gasteiger partial charge on any atom is -0.342 e. The van der Waals surface area contributed by atoms with Gasteiger partial charge in [-0.05, 0) is 44.2 Å². The van der Waals surface area contributed by atoms with Gasteiger partial charge < -0.3 is 10.2 Å². The van der Waals surface area contributed by atoms with Gasteiger partial charge in [-0.25, -0.2) is 0 Å². The Bertz CT molecular complexity index is 454. The molecular formula is C17H24N2O. The topological polar surface area (TPSA) is 32.3 Å². The molecule has 2 heterocycles. The predicted molar refractivity (Wildman–Crippen MR) is 80.7 cm³/mol. The second-order valence-electron chi connectivity index (χ2n) is 6.20. The van der Waals surface area contributed by atoms with E-state index in [1.54, 1.807) is 0 Å².